The summed E-state index contributed by atoms with van der Waals surface area (Å²) < 4.78 is 19.1. The third kappa shape index (κ3) is 2.09. The largest absolute Gasteiger partial charge is 0.374 e. The number of carbonyl (C=O) groups is 1. The maximum atomic E-state index is 13.5. The van der Waals surface area contributed by atoms with Crippen LogP contribution in [0.15, 0.2) is 18.5 Å². The molecular formula is C13H16FNO2. The number of pyridine rings is 1. The van der Waals surface area contributed by atoms with Crippen molar-refractivity contribution < 1.29 is 13.9 Å². The number of nitrogens with zero attached hydrogens (tertiary/aromatic N) is 1. The lowest BCUT2D eigenvalue weighted by molar-refractivity contribution is 0.0490. The van der Waals surface area contributed by atoms with Gasteiger partial charge in [-0.3, -0.25) is 9.78 Å². The molecule has 0 amide bonds. The Morgan fingerprint density at radius 2 is 2.06 bits per heavy atom. The van der Waals surface area contributed by atoms with Crippen LogP contribution in [0.4, 0.5) is 4.39 Å². The van der Waals surface area contributed by atoms with Crippen LogP contribution in [-0.2, 0) is 4.74 Å². The van der Waals surface area contributed by atoms with Crippen LogP contribution in [-0.4, -0.2) is 23.0 Å². The van der Waals surface area contributed by atoms with Gasteiger partial charge in [0.25, 0.3) is 0 Å². The summed E-state index contributed by atoms with van der Waals surface area (Å²) >= 11 is 0. The highest BCUT2D eigenvalue weighted by atomic mass is 19.1. The molecule has 92 valence electrons. The number of ether oxygens (including phenoxy) is 1. The van der Waals surface area contributed by atoms with Gasteiger partial charge in [-0.05, 0) is 25.8 Å². The van der Waals surface area contributed by atoms with Gasteiger partial charge in [-0.2, -0.15) is 0 Å². The van der Waals surface area contributed by atoms with E-state index >= 15 is 0 Å². The standard InChI is InChI=1S/C13H16FNO2/c1-7-8(2)17-9(3)12(7)13(16)10-4-5-15-6-11(10)14/h4-9,12H,1-3H3. The normalized spacial score (nSPS) is 32.7. The summed E-state index contributed by atoms with van der Waals surface area (Å²) in [6.07, 6.45) is 2.37. The van der Waals surface area contributed by atoms with Crippen molar-refractivity contribution in [3.8, 4) is 0 Å². The van der Waals surface area contributed by atoms with Gasteiger partial charge in [0.05, 0.1) is 29.9 Å². The van der Waals surface area contributed by atoms with Gasteiger partial charge in [0, 0.05) is 6.20 Å². The van der Waals surface area contributed by atoms with Crippen molar-refractivity contribution in [2.75, 3.05) is 0 Å². The van der Waals surface area contributed by atoms with E-state index in [1.165, 1.54) is 12.3 Å². The van der Waals surface area contributed by atoms with Crippen molar-refractivity contribution in [3.63, 3.8) is 0 Å². The lowest BCUT2D eigenvalue weighted by atomic mass is 9.83. The van der Waals surface area contributed by atoms with Crippen molar-refractivity contribution in [3.05, 3.63) is 29.8 Å². The maximum Gasteiger partial charge on any atom is 0.171 e. The zero-order valence-electron chi connectivity index (χ0n) is 10.2. The molecule has 0 aliphatic carbocycles. The van der Waals surface area contributed by atoms with Gasteiger partial charge in [-0.25, -0.2) is 4.39 Å². The van der Waals surface area contributed by atoms with Crippen LogP contribution < -0.4 is 0 Å². The Balaban J connectivity index is 2.30. The smallest absolute Gasteiger partial charge is 0.171 e. The van der Waals surface area contributed by atoms with Crippen LogP contribution in [0.25, 0.3) is 0 Å². The first-order valence-electron chi connectivity index (χ1n) is 5.81. The average molecular weight is 237 g/mol. The predicted octanol–water partition coefficient (Wildman–Crippen LogP) is 2.46. The van der Waals surface area contributed by atoms with E-state index < -0.39 is 5.82 Å². The molecule has 0 bridgehead atoms. The zero-order chi connectivity index (χ0) is 12.6. The molecule has 1 aromatic heterocycles. The van der Waals surface area contributed by atoms with Crippen LogP contribution in [0.2, 0.25) is 0 Å². The molecule has 2 rings (SSSR count). The predicted molar refractivity (Wildman–Crippen MR) is 61.2 cm³/mol. The van der Waals surface area contributed by atoms with Gasteiger partial charge in [0.1, 0.15) is 0 Å². The highest BCUT2D eigenvalue weighted by molar-refractivity contribution is 5.98. The SMILES string of the molecule is CC1OC(C)C(C(=O)c2ccncc2F)C1C. The van der Waals surface area contributed by atoms with Gasteiger partial charge < -0.3 is 4.74 Å². The molecule has 1 aromatic rings. The second-order valence-corrected chi connectivity index (χ2v) is 4.65. The number of rotatable bonds is 2. The van der Waals surface area contributed by atoms with Gasteiger partial charge in [-0.1, -0.05) is 6.92 Å². The number of carbonyl (C=O) groups excluding carboxylic acids is 1. The van der Waals surface area contributed by atoms with Crippen LogP contribution in [0.3, 0.4) is 0 Å². The van der Waals surface area contributed by atoms with E-state index in [9.17, 15) is 9.18 Å². The molecule has 3 nitrogen and oxygen atoms in total. The van der Waals surface area contributed by atoms with Crippen molar-refractivity contribution >= 4 is 5.78 Å². The Labute approximate surface area is 100 Å². The summed E-state index contributed by atoms with van der Waals surface area (Å²) in [7, 11) is 0. The number of hydrogen-bond acceptors (Lipinski definition) is 3. The molecule has 1 saturated heterocycles. The lowest BCUT2D eigenvalue weighted by Crippen LogP contribution is -2.27. The van der Waals surface area contributed by atoms with Gasteiger partial charge in [0.15, 0.2) is 11.6 Å². The molecule has 1 fully saturated rings. The van der Waals surface area contributed by atoms with Crippen molar-refractivity contribution in [1.82, 2.24) is 4.98 Å². The van der Waals surface area contributed by atoms with E-state index in [2.05, 4.69) is 4.98 Å². The highest BCUT2D eigenvalue weighted by Crippen LogP contribution is 2.34. The van der Waals surface area contributed by atoms with Crippen LogP contribution >= 0.6 is 0 Å². The topological polar surface area (TPSA) is 39.2 Å². The Hall–Kier alpha value is -1.29. The van der Waals surface area contributed by atoms with E-state index in [0.717, 1.165) is 6.20 Å². The molecule has 4 heteroatoms. The fraction of sp³-hybridized carbons (Fsp3) is 0.538. The number of aromatic nitrogens is 1. The summed E-state index contributed by atoms with van der Waals surface area (Å²) in [5, 5.41) is 0. The van der Waals surface area contributed by atoms with Crippen LogP contribution in [0.1, 0.15) is 31.1 Å². The van der Waals surface area contributed by atoms with Gasteiger partial charge in [-0.15, -0.1) is 0 Å². The van der Waals surface area contributed by atoms with E-state index in [1.807, 2.05) is 20.8 Å². The molecule has 0 radical (unpaired) electrons. The first-order valence-corrected chi connectivity index (χ1v) is 5.81. The third-order valence-electron chi connectivity index (χ3n) is 3.58. The van der Waals surface area contributed by atoms with Crippen LogP contribution in [0.5, 0.6) is 0 Å². The minimum atomic E-state index is -0.559. The fourth-order valence-electron chi connectivity index (χ4n) is 2.47. The van der Waals surface area contributed by atoms with Crippen molar-refractivity contribution in [2.45, 2.75) is 33.0 Å². The summed E-state index contributed by atoms with van der Waals surface area (Å²) in [5.74, 6) is -0.919. The number of halogens is 1. The molecule has 4 atom stereocenters. The molecule has 1 aliphatic heterocycles. The average Bonchev–Trinajstić information content (AvgIpc) is 2.53. The molecule has 0 spiro atoms. The van der Waals surface area contributed by atoms with E-state index in [4.69, 9.17) is 4.74 Å². The van der Waals surface area contributed by atoms with E-state index in [-0.39, 0.29) is 35.4 Å². The molecule has 17 heavy (non-hydrogen) atoms. The molecule has 1 aliphatic rings. The second-order valence-electron chi connectivity index (χ2n) is 4.65. The Bertz CT molecular complexity index is 435. The van der Waals surface area contributed by atoms with Crippen molar-refractivity contribution in [2.24, 2.45) is 11.8 Å². The number of ketones is 1. The quantitative estimate of drug-likeness (QED) is 0.742. The fourth-order valence-corrected chi connectivity index (χ4v) is 2.47. The zero-order valence-corrected chi connectivity index (χ0v) is 10.2. The maximum absolute atomic E-state index is 13.5. The van der Waals surface area contributed by atoms with Gasteiger partial charge >= 0.3 is 0 Å². The molecule has 0 aromatic carbocycles. The Kier molecular flexibility index (Phi) is 3.24. The summed E-state index contributed by atoms with van der Waals surface area (Å²) in [4.78, 5) is 15.9. The Morgan fingerprint density at radius 1 is 1.35 bits per heavy atom. The summed E-state index contributed by atoms with van der Waals surface area (Å²) in [5.41, 5.74) is 0.112. The summed E-state index contributed by atoms with van der Waals surface area (Å²) in [6.45, 7) is 5.77. The molecule has 2 heterocycles. The van der Waals surface area contributed by atoms with Crippen molar-refractivity contribution in [1.29, 1.82) is 0 Å². The third-order valence-corrected chi connectivity index (χ3v) is 3.58. The van der Waals surface area contributed by atoms with Crippen LogP contribution in [0, 0.1) is 17.7 Å². The first-order chi connectivity index (χ1) is 8.02. The lowest BCUT2D eigenvalue weighted by Gasteiger charge is -2.17. The van der Waals surface area contributed by atoms with E-state index in [1.54, 1.807) is 0 Å². The minimum absolute atomic E-state index is 0.0313. The molecular weight excluding hydrogens is 221 g/mol. The molecule has 0 N–H and O–H groups in total. The second kappa shape index (κ2) is 4.53. The van der Waals surface area contributed by atoms with E-state index in [0.29, 0.717) is 0 Å². The Morgan fingerprint density at radius 3 is 2.59 bits per heavy atom. The number of hydrogen-bond donors (Lipinski definition) is 0. The number of Topliss-reactive ketones (excluding diaryl/α,β-unsaturated/α-hetero) is 1. The molecule has 4 unspecified atom stereocenters. The highest BCUT2D eigenvalue weighted by Gasteiger charge is 2.42. The monoisotopic (exact) mass is 237 g/mol. The minimum Gasteiger partial charge on any atom is -0.374 e. The van der Waals surface area contributed by atoms with Gasteiger partial charge in [0.2, 0.25) is 0 Å². The molecule has 0 saturated carbocycles. The summed E-state index contributed by atoms with van der Waals surface area (Å²) in [6, 6.07) is 1.43. The first kappa shape index (κ1) is 12.2.